The number of carbonyl (C=O) groups is 2. The lowest BCUT2D eigenvalue weighted by Crippen LogP contribution is -2.29. The van der Waals surface area contributed by atoms with Gasteiger partial charge in [0.15, 0.2) is 6.10 Å². The van der Waals surface area contributed by atoms with E-state index in [4.69, 9.17) is 23.0 Å². The Morgan fingerprint density at radius 1 is 0.549 bits per heavy atom. The Hall–Kier alpha value is -1.53. The van der Waals surface area contributed by atoms with Gasteiger partial charge < -0.3 is 23.0 Å². The summed E-state index contributed by atoms with van der Waals surface area (Å²) in [6, 6.07) is 8.01. The van der Waals surface area contributed by atoms with Crippen LogP contribution in [0.4, 0.5) is 0 Å². The van der Waals surface area contributed by atoms with Crippen LogP contribution in [0, 0.1) is 0 Å². The van der Waals surface area contributed by atoms with Crippen molar-refractivity contribution in [2.75, 3.05) is 13.2 Å². The number of ether oxygens (including phenoxy) is 2. The number of hydrogen-bond acceptors (Lipinski definition) is 7. The van der Waals surface area contributed by atoms with Crippen molar-refractivity contribution in [1.29, 1.82) is 0 Å². The molecular formula is C43H75O7P. The van der Waals surface area contributed by atoms with Gasteiger partial charge in [0.05, 0.1) is 19.8 Å². The van der Waals surface area contributed by atoms with Crippen LogP contribution in [-0.2, 0) is 45.8 Å². The number of hydrogen-bond donors (Lipinski definition) is 0. The molecule has 0 saturated carbocycles. The molecule has 294 valence electrons. The van der Waals surface area contributed by atoms with E-state index in [1.54, 1.807) is 0 Å². The lowest BCUT2D eigenvalue weighted by molar-refractivity contribution is -0.161. The topological polar surface area (TPSA) is 80.3 Å². The smallest absolute Gasteiger partial charge is 0.333 e. The summed E-state index contributed by atoms with van der Waals surface area (Å²) in [5.74, 6) is -0.527. The van der Waals surface area contributed by atoms with Gasteiger partial charge in [0, 0.05) is 12.8 Å². The zero-order valence-corrected chi connectivity index (χ0v) is 33.7. The van der Waals surface area contributed by atoms with Gasteiger partial charge in [-0.2, -0.15) is 0 Å². The highest BCUT2D eigenvalue weighted by Gasteiger charge is 2.24. The number of benzene rings is 1. The molecule has 1 heterocycles. The first-order valence-electron chi connectivity index (χ1n) is 21.2. The summed E-state index contributed by atoms with van der Waals surface area (Å²) < 4.78 is 29.0. The van der Waals surface area contributed by atoms with E-state index in [1.165, 1.54) is 128 Å². The summed E-state index contributed by atoms with van der Waals surface area (Å²) in [5.41, 5.74) is 2.16. The molecule has 0 aromatic heterocycles. The number of rotatable bonds is 34. The molecule has 7 nitrogen and oxygen atoms in total. The second-order valence-corrected chi connectivity index (χ2v) is 15.8. The van der Waals surface area contributed by atoms with Crippen LogP contribution in [0.3, 0.4) is 0 Å². The number of esters is 2. The molecule has 2 rings (SSSR count). The summed E-state index contributed by atoms with van der Waals surface area (Å²) in [6.07, 6.45) is 32.8. The second kappa shape index (κ2) is 33.1. The zero-order valence-electron chi connectivity index (χ0n) is 32.8. The standard InChI is InChI=1S/C43H75O7P/c1-3-5-7-9-11-13-15-17-19-21-23-25-27-33-42(44)46-37-41(38-49-51-47-35-39-31-29-30-32-40(39)36-48-51)50-43(45)34-28-26-24-22-20-18-16-14-12-10-8-6-4-2/h29-32,41H,3-28,33-38H2,1-2H3/t41-/m1/s1. The molecule has 0 spiro atoms. The van der Waals surface area contributed by atoms with Gasteiger partial charge in [0.1, 0.15) is 6.61 Å². The minimum absolute atomic E-state index is 0.0228. The monoisotopic (exact) mass is 735 g/mol. The van der Waals surface area contributed by atoms with E-state index in [1.807, 2.05) is 24.3 Å². The van der Waals surface area contributed by atoms with Crippen LogP contribution in [0.5, 0.6) is 0 Å². The van der Waals surface area contributed by atoms with Crippen molar-refractivity contribution in [2.24, 2.45) is 0 Å². The molecule has 51 heavy (non-hydrogen) atoms. The first-order valence-corrected chi connectivity index (χ1v) is 22.3. The van der Waals surface area contributed by atoms with Crippen molar-refractivity contribution in [3.63, 3.8) is 0 Å². The van der Waals surface area contributed by atoms with Crippen LogP contribution in [0.1, 0.15) is 205 Å². The highest BCUT2D eigenvalue weighted by molar-refractivity contribution is 7.41. The van der Waals surface area contributed by atoms with Gasteiger partial charge in [-0.25, -0.2) is 0 Å². The molecule has 0 aliphatic carbocycles. The molecule has 0 bridgehead atoms. The molecule has 0 radical (unpaired) electrons. The quantitative estimate of drug-likeness (QED) is 0.0396. The molecule has 0 unspecified atom stereocenters. The maximum atomic E-state index is 12.8. The van der Waals surface area contributed by atoms with Crippen LogP contribution in [0.2, 0.25) is 0 Å². The molecule has 1 aliphatic heterocycles. The Balaban J connectivity index is 1.61. The minimum Gasteiger partial charge on any atom is -0.462 e. The molecule has 1 aromatic rings. The van der Waals surface area contributed by atoms with E-state index < -0.39 is 14.7 Å². The molecule has 0 fully saturated rings. The third kappa shape index (κ3) is 26.0. The number of unbranched alkanes of at least 4 members (excludes halogenated alkanes) is 24. The van der Waals surface area contributed by atoms with Gasteiger partial charge in [-0.3, -0.25) is 9.59 Å². The van der Waals surface area contributed by atoms with E-state index in [0.717, 1.165) is 49.7 Å². The van der Waals surface area contributed by atoms with Crippen LogP contribution < -0.4 is 0 Å². The van der Waals surface area contributed by atoms with Gasteiger partial charge in [0.25, 0.3) is 0 Å². The Bertz CT molecular complexity index is 946. The second-order valence-electron chi connectivity index (χ2n) is 14.6. The van der Waals surface area contributed by atoms with Crippen molar-refractivity contribution in [3.8, 4) is 0 Å². The SMILES string of the molecule is CCCCCCCCCCCCCCCC(=O)OC[C@H](COP1OCc2ccccc2CO1)OC(=O)CCCCCCCCCCCCCCC. The van der Waals surface area contributed by atoms with E-state index in [0.29, 0.717) is 26.1 Å². The largest absolute Gasteiger partial charge is 0.462 e. The number of carbonyl (C=O) groups excluding carboxylic acids is 2. The highest BCUT2D eigenvalue weighted by atomic mass is 31.2. The van der Waals surface area contributed by atoms with Crippen molar-refractivity contribution in [3.05, 3.63) is 35.4 Å². The number of fused-ring (bicyclic) bond motifs is 1. The predicted molar refractivity (Wildman–Crippen MR) is 210 cm³/mol. The van der Waals surface area contributed by atoms with Crippen molar-refractivity contribution >= 4 is 20.5 Å². The fourth-order valence-electron chi connectivity index (χ4n) is 6.53. The van der Waals surface area contributed by atoms with E-state index in [-0.39, 0.29) is 25.2 Å². The molecule has 8 heteroatoms. The Labute approximate surface area is 314 Å². The Morgan fingerprint density at radius 3 is 1.33 bits per heavy atom. The van der Waals surface area contributed by atoms with Crippen LogP contribution in [0.15, 0.2) is 24.3 Å². The fraction of sp³-hybridized carbons (Fsp3) is 0.814. The molecule has 0 saturated heterocycles. The van der Waals surface area contributed by atoms with Crippen molar-refractivity contribution in [1.82, 2.24) is 0 Å². The fourth-order valence-corrected chi connectivity index (χ4v) is 7.53. The summed E-state index contributed by atoms with van der Waals surface area (Å²) >= 11 is 0. The van der Waals surface area contributed by atoms with Gasteiger partial charge in [-0.15, -0.1) is 0 Å². The third-order valence-electron chi connectivity index (χ3n) is 9.83. The Morgan fingerprint density at radius 2 is 0.922 bits per heavy atom. The summed E-state index contributed by atoms with van der Waals surface area (Å²) in [6.45, 7) is 5.37. The summed E-state index contributed by atoms with van der Waals surface area (Å²) in [4.78, 5) is 25.4. The molecule has 1 aliphatic rings. The minimum atomic E-state index is -1.61. The van der Waals surface area contributed by atoms with Crippen molar-refractivity contribution < 1.29 is 32.6 Å². The lowest BCUT2D eigenvalue weighted by Gasteiger charge is -2.20. The molecular weight excluding hydrogens is 659 g/mol. The van der Waals surface area contributed by atoms with E-state index in [9.17, 15) is 9.59 Å². The van der Waals surface area contributed by atoms with Crippen LogP contribution in [0.25, 0.3) is 0 Å². The average molecular weight is 735 g/mol. The van der Waals surface area contributed by atoms with Crippen LogP contribution in [-0.4, -0.2) is 31.3 Å². The normalized spacial score (nSPS) is 13.8. The maximum Gasteiger partial charge on any atom is 0.333 e. The maximum absolute atomic E-state index is 12.8. The van der Waals surface area contributed by atoms with Gasteiger partial charge in [-0.1, -0.05) is 192 Å². The van der Waals surface area contributed by atoms with Gasteiger partial charge >= 0.3 is 20.5 Å². The first kappa shape index (κ1) is 45.6. The average Bonchev–Trinajstić information content (AvgIpc) is 3.35. The van der Waals surface area contributed by atoms with Crippen LogP contribution >= 0.6 is 8.60 Å². The first-order chi connectivity index (χ1) is 25.1. The van der Waals surface area contributed by atoms with Gasteiger partial charge in [-0.05, 0) is 24.0 Å². The summed E-state index contributed by atoms with van der Waals surface area (Å²) in [7, 11) is -1.61. The summed E-state index contributed by atoms with van der Waals surface area (Å²) in [5, 5.41) is 0. The van der Waals surface area contributed by atoms with E-state index in [2.05, 4.69) is 13.8 Å². The third-order valence-corrected chi connectivity index (χ3v) is 10.9. The molecule has 1 atom stereocenters. The predicted octanol–water partition coefficient (Wildman–Crippen LogP) is 13.4. The van der Waals surface area contributed by atoms with Gasteiger partial charge in [0.2, 0.25) is 0 Å². The van der Waals surface area contributed by atoms with Crippen molar-refractivity contribution in [2.45, 2.75) is 213 Å². The molecule has 0 N–H and O–H groups in total. The van der Waals surface area contributed by atoms with E-state index >= 15 is 0 Å². The lowest BCUT2D eigenvalue weighted by atomic mass is 10.0. The molecule has 1 aromatic carbocycles. The zero-order chi connectivity index (χ0) is 36.5. The Kier molecular flexibility index (Phi) is 29.6. The highest BCUT2D eigenvalue weighted by Crippen LogP contribution is 2.44. The molecule has 0 amide bonds.